The van der Waals surface area contributed by atoms with Crippen LogP contribution in [0.5, 0.6) is 0 Å². The molecule has 0 aliphatic rings. The molecule has 2 aromatic heterocycles. The van der Waals surface area contributed by atoms with Crippen molar-refractivity contribution in [3.05, 3.63) is 42.2 Å². The van der Waals surface area contributed by atoms with Crippen LogP contribution in [0.3, 0.4) is 0 Å². The van der Waals surface area contributed by atoms with E-state index in [1.54, 1.807) is 36.7 Å². The van der Waals surface area contributed by atoms with Gasteiger partial charge in [-0.1, -0.05) is 6.07 Å². The minimum absolute atomic E-state index is 0.252. The Bertz CT molecular complexity index is 700. The van der Waals surface area contributed by atoms with Gasteiger partial charge in [-0.15, -0.1) is 0 Å². The van der Waals surface area contributed by atoms with Crippen molar-refractivity contribution < 1.29 is 14.3 Å². The van der Waals surface area contributed by atoms with Gasteiger partial charge in [0.2, 0.25) is 0 Å². The van der Waals surface area contributed by atoms with Crippen molar-refractivity contribution in [3.63, 3.8) is 0 Å². The Morgan fingerprint density at radius 3 is 2.94 bits per heavy atom. The second kappa shape index (κ2) is 3.06. The lowest BCUT2D eigenvalue weighted by atomic mass is 10.1. The smallest absolute Gasteiger partial charge is 0.336 e. The number of carboxylic acid groups (broad SMARTS) is 1. The molecule has 0 fully saturated rings. The first-order chi connectivity index (χ1) is 7.77. The number of furan rings is 1. The Labute approximate surface area is 90.1 Å². The highest BCUT2D eigenvalue weighted by atomic mass is 16.4. The topological polar surface area (TPSA) is 63.3 Å². The van der Waals surface area contributed by atoms with Crippen LogP contribution in [-0.2, 0) is 0 Å². The summed E-state index contributed by atoms with van der Waals surface area (Å²) >= 11 is 0. The maximum atomic E-state index is 11.1. The summed E-state index contributed by atoms with van der Waals surface area (Å²) in [4.78, 5) is 15.0. The van der Waals surface area contributed by atoms with Crippen LogP contribution < -0.4 is 0 Å². The molecule has 3 aromatic rings. The molecule has 3 rings (SSSR count). The highest BCUT2D eigenvalue weighted by Crippen LogP contribution is 2.30. The predicted molar refractivity (Wildman–Crippen MR) is 58.5 cm³/mol. The van der Waals surface area contributed by atoms with Gasteiger partial charge in [-0.05, 0) is 18.2 Å². The highest BCUT2D eigenvalue weighted by Gasteiger charge is 2.14. The van der Waals surface area contributed by atoms with E-state index in [0.717, 1.165) is 5.39 Å². The third kappa shape index (κ3) is 1.10. The lowest BCUT2D eigenvalue weighted by Gasteiger charge is -1.95. The van der Waals surface area contributed by atoms with Gasteiger partial charge in [0.1, 0.15) is 5.58 Å². The number of rotatable bonds is 1. The normalized spacial score (nSPS) is 11.0. The number of aromatic nitrogens is 1. The average Bonchev–Trinajstić information content (AvgIpc) is 2.66. The molecule has 0 saturated carbocycles. The van der Waals surface area contributed by atoms with Gasteiger partial charge in [-0.2, -0.15) is 0 Å². The van der Waals surface area contributed by atoms with E-state index >= 15 is 0 Å². The number of carboxylic acids is 1. The SMILES string of the molecule is O=C(O)c1cccc2oc3cnccc3c12. The number of hydrogen-bond acceptors (Lipinski definition) is 3. The summed E-state index contributed by atoms with van der Waals surface area (Å²) in [5.41, 5.74) is 1.43. The van der Waals surface area contributed by atoms with Crippen molar-refractivity contribution in [1.29, 1.82) is 0 Å². The van der Waals surface area contributed by atoms with Gasteiger partial charge in [0, 0.05) is 17.0 Å². The predicted octanol–water partition coefficient (Wildman–Crippen LogP) is 2.68. The molecule has 0 radical (unpaired) electrons. The summed E-state index contributed by atoms with van der Waals surface area (Å²) in [5, 5.41) is 10.5. The molecule has 0 saturated heterocycles. The maximum absolute atomic E-state index is 11.1. The van der Waals surface area contributed by atoms with Crippen molar-refractivity contribution in [3.8, 4) is 0 Å². The van der Waals surface area contributed by atoms with Crippen molar-refractivity contribution in [2.24, 2.45) is 0 Å². The third-order valence-electron chi connectivity index (χ3n) is 2.53. The van der Waals surface area contributed by atoms with Gasteiger partial charge in [-0.25, -0.2) is 4.79 Å². The first kappa shape index (κ1) is 8.91. The van der Waals surface area contributed by atoms with Crippen LogP contribution in [0.15, 0.2) is 41.1 Å². The van der Waals surface area contributed by atoms with E-state index in [1.807, 2.05) is 0 Å². The first-order valence-electron chi connectivity index (χ1n) is 4.76. The molecular formula is C12H7NO3. The Balaban J connectivity index is 2.57. The quantitative estimate of drug-likeness (QED) is 0.675. The van der Waals surface area contributed by atoms with E-state index in [0.29, 0.717) is 16.6 Å². The van der Waals surface area contributed by atoms with Crippen molar-refractivity contribution in [2.75, 3.05) is 0 Å². The van der Waals surface area contributed by atoms with E-state index in [4.69, 9.17) is 9.52 Å². The van der Waals surface area contributed by atoms with Crippen LogP contribution in [0.1, 0.15) is 10.4 Å². The van der Waals surface area contributed by atoms with Gasteiger partial charge in [0.05, 0.1) is 11.8 Å². The Morgan fingerprint density at radius 2 is 2.12 bits per heavy atom. The molecule has 0 atom stereocenters. The molecule has 0 amide bonds. The summed E-state index contributed by atoms with van der Waals surface area (Å²) in [5.74, 6) is -0.954. The van der Waals surface area contributed by atoms with E-state index in [9.17, 15) is 4.79 Å². The summed E-state index contributed by atoms with van der Waals surface area (Å²) in [6, 6.07) is 6.75. The fourth-order valence-electron chi connectivity index (χ4n) is 1.86. The zero-order valence-electron chi connectivity index (χ0n) is 8.18. The number of benzene rings is 1. The molecule has 2 heterocycles. The number of pyridine rings is 1. The highest BCUT2D eigenvalue weighted by molar-refractivity contribution is 6.14. The second-order valence-corrected chi connectivity index (χ2v) is 3.46. The van der Waals surface area contributed by atoms with Crippen molar-refractivity contribution in [2.45, 2.75) is 0 Å². The van der Waals surface area contributed by atoms with Gasteiger partial charge in [-0.3, -0.25) is 4.98 Å². The summed E-state index contributed by atoms with van der Waals surface area (Å²) in [7, 11) is 0. The lowest BCUT2D eigenvalue weighted by Crippen LogP contribution is -1.95. The molecule has 0 bridgehead atoms. The Kier molecular flexibility index (Phi) is 1.71. The Morgan fingerprint density at radius 1 is 1.25 bits per heavy atom. The zero-order chi connectivity index (χ0) is 11.1. The average molecular weight is 213 g/mol. The Hall–Kier alpha value is -2.36. The third-order valence-corrected chi connectivity index (χ3v) is 2.53. The lowest BCUT2D eigenvalue weighted by molar-refractivity contribution is 0.0699. The molecule has 4 heteroatoms. The number of hydrogen-bond donors (Lipinski definition) is 1. The summed E-state index contributed by atoms with van der Waals surface area (Å²) in [6.07, 6.45) is 3.21. The molecule has 1 aromatic carbocycles. The number of aromatic carboxylic acids is 1. The fourth-order valence-corrected chi connectivity index (χ4v) is 1.86. The second-order valence-electron chi connectivity index (χ2n) is 3.46. The number of nitrogens with zero attached hydrogens (tertiary/aromatic N) is 1. The van der Waals surface area contributed by atoms with Crippen LogP contribution in [0.2, 0.25) is 0 Å². The van der Waals surface area contributed by atoms with Gasteiger partial charge < -0.3 is 9.52 Å². The molecule has 0 aliphatic carbocycles. The van der Waals surface area contributed by atoms with Crippen molar-refractivity contribution in [1.82, 2.24) is 4.98 Å². The van der Waals surface area contributed by atoms with Crippen LogP contribution in [0, 0.1) is 0 Å². The van der Waals surface area contributed by atoms with E-state index in [1.165, 1.54) is 0 Å². The minimum Gasteiger partial charge on any atom is -0.478 e. The monoisotopic (exact) mass is 213 g/mol. The van der Waals surface area contributed by atoms with E-state index < -0.39 is 5.97 Å². The minimum atomic E-state index is -0.954. The summed E-state index contributed by atoms with van der Waals surface area (Å²) in [6.45, 7) is 0. The molecule has 4 nitrogen and oxygen atoms in total. The van der Waals surface area contributed by atoms with Gasteiger partial charge in [0.25, 0.3) is 0 Å². The zero-order valence-corrected chi connectivity index (χ0v) is 8.18. The van der Waals surface area contributed by atoms with E-state index in [-0.39, 0.29) is 5.56 Å². The fraction of sp³-hybridized carbons (Fsp3) is 0. The van der Waals surface area contributed by atoms with Gasteiger partial charge >= 0.3 is 5.97 Å². The number of carbonyl (C=O) groups is 1. The van der Waals surface area contributed by atoms with Crippen LogP contribution >= 0.6 is 0 Å². The van der Waals surface area contributed by atoms with Crippen LogP contribution in [0.25, 0.3) is 21.9 Å². The standard InChI is InChI=1S/C12H7NO3/c14-12(15)8-2-1-3-9-11(8)7-4-5-13-6-10(7)16-9/h1-6H,(H,14,15). The molecule has 78 valence electrons. The molecule has 16 heavy (non-hydrogen) atoms. The largest absolute Gasteiger partial charge is 0.478 e. The summed E-state index contributed by atoms with van der Waals surface area (Å²) < 4.78 is 5.52. The molecule has 0 spiro atoms. The first-order valence-corrected chi connectivity index (χ1v) is 4.76. The van der Waals surface area contributed by atoms with Crippen molar-refractivity contribution >= 4 is 27.9 Å². The molecular weight excluding hydrogens is 206 g/mol. The maximum Gasteiger partial charge on any atom is 0.336 e. The van der Waals surface area contributed by atoms with Crippen LogP contribution in [0.4, 0.5) is 0 Å². The van der Waals surface area contributed by atoms with E-state index in [2.05, 4.69) is 4.98 Å². The number of fused-ring (bicyclic) bond motifs is 3. The van der Waals surface area contributed by atoms with Crippen LogP contribution in [-0.4, -0.2) is 16.1 Å². The molecule has 1 N–H and O–H groups in total. The molecule has 0 aliphatic heterocycles. The van der Waals surface area contributed by atoms with Gasteiger partial charge in [0.15, 0.2) is 5.58 Å². The molecule has 0 unspecified atom stereocenters.